The predicted molar refractivity (Wildman–Crippen MR) is 97.6 cm³/mol. The van der Waals surface area contributed by atoms with Gasteiger partial charge in [-0.25, -0.2) is 25.5 Å². The molecule has 2 aromatic carbocycles. The highest BCUT2D eigenvalue weighted by molar-refractivity contribution is 7.92. The van der Waals surface area contributed by atoms with Gasteiger partial charge in [0.25, 0.3) is 0 Å². The van der Waals surface area contributed by atoms with E-state index in [1.54, 1.807) is 0 Å². The van der Waals surface area contributed by atoms with Gasteiger partial charge in [-0.2, -0.15) is 0 Å². The van der Waals surface area contributed by atoms with Crippen molar-refractivity contribution in [2.24, 2.45) is 0 Å². The standard InChI is InChI=1S/C17H17ClFNO4S2/c18-14-4-6-16(7-5-14)26(23,24)17-8-9-20(11-17)25(21,22)12-13-2-1-3-15(19)10-13/h1-7,10,17H,8-9,11-12H2. The maximum Gasteiger partial charge on any atom is 0.218 e. The zero-order chi connectivity index (χ0) is 18.9. The molecule has 1 aliphatic heterocycles. The summed E-state index contributed by atoms with van der Waals surface area (Å²) in [6, 6.07) is 11.2. The molecule has 0 aliphatic carbocycles. The lowest BCUT2D eigenvalue weighted by Gasteiger charge is -2.17. The van der Waals surface area contributed by atoms with Gasteiger partial charge in [0.1, 0.15) is 5.82 Å². The lowest BCUT2D eigenvalue weighted by Crippen LogP contribution is -2.32. The van der Waals surface area contributed by atoms with Crippen molar-refractivity contribution in [3.63, 3.8) is 0 Å². The molecule has 1 heterocycles. The van der Waals surface area contributed by atoms with Gasteiger partial charge in [-0.15, -0.1) is 0 Å². The molecule has 0 N–H and O–H groups in total. The molecule has 140 valence electrons. The van der Waals surface area contributed by atoms with Crippen molar-refractivity contribution in [3.8, 4) is 0 Å². The maximum atomic E-state index is 13.3. The van der Waals surface area contributed by atoms with E-state index in [4.69, 9.17) is 11.6 Å². The van der Waals surface area contributed by atoms with Crippen molar-refractivity contribution in [2.75, 3.05) is 13.1 Å². The highest BCUT2D eigenvalue weighted by Crippen LogP contribution is 2.27. The van der Waals surface area contributed by atoms with E-state index in [9.17, 15) is 21.2 Å². The first-order valence-electron chi connectivity index (χ1n) is 7.90. The van der Waals surface area contributed by atoms with Crippen molar-refractivity contribution in [3.05, 3.63) is 64.9 Å². The van der Waals surface area contributed by atoms with Crippen LogP contribution in [0, 0.1) is 5.82 Å². The molecule has 1 unspecified atom stereocenters. The van der Waals surface area contributed by atoms with Gasteiger partial charge in [0.15, 0.2) is 9.84 Å². The smallest absolute Gasteiger partial charge is 0.218 e. The van der Waals surface area contributed by atoms with Crippen molar-refractivity contribution in [2.45, 2.75) is 22.3 Å². The third-order valence-corrected chi connectivity index (χ3v) is 8.58. The van der Waals surface area contributed by atoms with Gasteiger partial charge in [0.2, 0.25) is 10.0 Å². The Morgan fingerprint density at radius 3 is 2.42 bits per heavy atom. The molecule has 0 amide bonds. The topological polar surface area (TPSA) is 71.5 Å². The van der Waals surface area contributed by atoms with Crippen LogP contribution in [0.1, 0.15) is 12.0 Å². The molecule has 0 spiro atoms. The number of rotatable bonds is 5. The number of benzene rings is 2. The van der Waals surface area contributed by atoms with E-state index in [1.165, 1.54) is 42.5 Å². The Labute approximate surface area is 157 Å². The summed E-state index contributed by atoms with van der Waals surface area (Å²) in [6.45, 7) is 0.0117. The fourth-order valence-corrected chi connectivity index (χ4v) is 6.44. The van der Waals surface area contributed by atoms with E-state index >= 15 is 0 Å². The normalized spacial score (nSPS) is 18.9. The minimum absolute atomic E-state index is 0.109. The average molecular weight is 418 g/mol. The summed E-state index contributed by atoms with van der Waals surface area (Å²) in [6.07, 6.45) is 0.216. The average Bonchev–Trinajstić information content (AvgIpc) is 3.06. The third kappa shape index (κ3) is 4.09. The molecule has 1 atom stereocenters. The Bertz CT molecular complexity index is 1010. The van der Waals surface area contributed by atoms with E-state index in [0.717, 1.165) is 10.4 Å². The molecular weight excluding hydrogens is 401 g/mol. The number of hydrogen-bond donors (Lipinski definition) is 0. The monoisotopic (exact) mass is 417 g/mol. The van der Waals surface area contributed by atoms with Gasteiger partial charge in [-0.1, -0.05) is 23.7 Å². The van der Waals surface area contributed by atoms with Crippen LogP contribution in [0.3, 0.4) is 0 Å². The first kappa shape index (κ1) is 19.3. The first-order chi connectivity index (χ1) is 12.2. The lowest BCUT2D eigenvalue weighted by atomic mass is 10.2. The lowest BCUT2D eigenvalue weighted by molar-refractivity contribution is 0.475. The summed E-state index contributed by atoms with van der Waals surface area (Å²) < 4.78 is 65.0. The van der Waals surface area contributed by atoms with Gasteiger partial charge in [0, 0.05) is 18.1 Å². The van der Waals surface area contributed by atoms with Crippen LogP contribution in [-0.2, 0) is 25.6 Å². The zero-order valence-corrected chi connectivity index (χ0v) is 16.1. The third-order valence-electron chi connectivity index (χ3n) is 4.32. The zero-order valence-electron chi connectivity index (χ0n) is 13.7. The van der Waals surface area contributed by atoms with Crippen LogP contribution >= 0.6 is 11.6 Å². The summed E-state index contributed by atoms with van der Waals surface area (Å²) in [4.78, 5) is 0.122. The number of hydrogen-bond acceptors (Lipinski definition) is 4. The maximum absolute atomic E-state index is 13.3. The quantitative estimate of drug-likeness (QED) is 0.750. The summed E-state index contributed by atoms with van der Waals surface area (Å²) in [7, 11) is -7.38. The second kappa shape index (κ2) is 7.26. The summed E-state index contributed by atoms with van der Waals surface area (Å²) in [5.41, 5.74) is 0.328. The molecule has 1 aliphatic rings. The van der Waals surface area contributed by atoms with E-state index in [-0.39, 0.29) is 30.2 Å². The SMILES string of the molecule is O=S(=O)(c1ccc(Cl)cc1)C1CCN(S(=O)(=O)Cc2cccc(F)c2)C1. The number of halogens is 2. The van der Waals surface area contributed by atoms with E-state index in [1.807, 2.05) is 0 Å². The molecule has 5 nitrogen and oxygen atoms in total. The molecule has 0 aromatic heterocycles. The molecule has 3 rings (SSSR count). The summed E-state index contributed by atoms with van der Waals surface area (Å²) >= 11 is 5.78. The molecule has 1 saturated heterocycles. The van der Waals surface area contributed by atoms with Gasteiger partial charge in [-0.05, 0) is 48.4 Å². The van der Waals surface area contributed by atoms with E-state index in [2.05, 4.69) is 0 Å². The van der Waals surface area contributed by atoms with Gasteiger partial charge < -0.3 is 0 Å². The molecule has 0 bridgehead atoms. The Hall–Kier alpha value is -1.48. The predicted octanol–water partition coefficient (Wildman–Crippen LogP) is 2.86. The molecule has 0 radical (unpaired) electrons. The Morgan fingerprint density at radius 2 is 1.77 bits per heavy atom. The van der Waals surface area contributed by atoms with E-state index < -0.39 is 30.9 Å². The largest absolute Gasteiger partial charge is 0.223 e. The van der Waals surface area contributed by atoms with Crippen LogP contribution in [0.5, 0.6) is 0 Å². The van der Waals surface area contributed by atoms with Crippen LogP contribution in [0.25, 0.3) is 0 Å². The minimum Gasteiger partial charge on any atom is -0.223 e. The van der Waals surface area contributed by atoms with Crippen LogP contribution in [0.2, 0.25) is 5.02 Å². The Kier molecular flexibility index (Phi) is 5.39. The molecule has 9 heteroatoms. The fourth-order valence-electron chi connectivity index (χ4n) is 2.95. The van der Waals surface area contributed by atoms with Crippen molar-refractivity contribution < 1.29 is 21.2 Å². The van der Waals surface area contributed by atoms with Gasteiger partial charge >= 0.3 is 0 Å². The van der Waals surface area contributed by atoms with Crippen LogP contribution in [-0.4, -0.2) is 39.5 Å². The van der Waals surface area contributed by atoms with Gasteiger partial charge in [-0.3, -0.25) is 0 Å². The molecule has 26 heavy (non-hydrogen) atoms. The number of sulfone groups is 1. The number of nitrogens with zero attached hydrogens (tertiary/aromatic N) is 1. The van der Waals surface area contributed by atoms with Crippen molar-refractivity contribution in [1.82, 2.24) is 4.31 Å². The van der Waals surface area contributed by atoms with E-state index in [0.29, 0.717) is 10.6 Å². The Morgan fingerprint density at radius 1 is 1.08 bits per heavy atom. The molecular formula is C17H17ClFNO4S2. The second-order valence-electron chi connectivity index (χ2n) is 6.15. The number of sulfonamides is 1. The minimum atomic E-state index is -3.73. The Balaban J connectivity index is 1.76. The van der Waals surface area contributed by atoms with Crippen LogP contribution < -0.4 is 0 Å². The molecule has 0 saturated carbocycles. The summed E-state index contributed by atoms with van der Waals surface area (Å²) in [5, 5.41) is -0.388. The highest BCUT2D eigenvalue weighted by Gasteiger charge is 2.38. The molecule has 1 fully saturated rings. The van der Waals surface area contributed by atoms with Crippen molar-refractivity contribution in [1.29, 1.82) is 0 Å². The van der Waals surface area contributed by atoms with Gasteiger partial charge in [0.05, 0.1) is 15.9 Å². The second-order valence-corrected chi connectivity index (χ2v) is 10.8. The summed E-state index contributed by atoms with van der Waals surface area (Å²) in [5.74, 6) is -0.874. The first-order valence-corrected chi connectivity index (χ1v) is 11.4. The molecule has 2 aromatic rings. The van der Waals surface area contributed by atoms with Crippen LogP contribution in [0.15, 0.2) is 53.4 Å². The highest BCUT2D eigenvalue weighted by atomic mass is 35.5. The van der Waals surface area contributed by atoms with Crippen LogP contribution in [0.4, 0.5) is 4.39 Å². The van der Waals surface area contributed by atoms with Crippen molar-refractivity contribution >= 4 is 31.5 Å². The fraction of sp³-hybridized carbons (Fsp3) is 0.294.